The molecule has 1 aromatic carbocycles. The highest BCUT2D eigenvalue weighted by atomic mass is 16.3. The fraction of sp³-hybridized carbons (Fsp3) is 0.588. The molecule has 1 aliphatic carbocycles. The quantitative estimate of drug-likeness (QED) is 0.795. The summed E-state index contributed by atoms with van der Waals surface area (Å²) in [4.78, 5) is 12.3. The Balaban J connectivity index is 2.07. The second kappa shape index (κ2) is 6.06. The number of rotatable bonds is 4. The molecule has 3 N–H and O–H groups in total. The Kier molecular flexibility index (Phi) is 4.57. The lowest BCUT2D eigenvalue weighted by molar-refractivity contribution is 0.139. The molecule has 1 aliphatic rings. The van der Waals surface area contributed by atoms with Crippen molar-refractivity contribution >= 4 is 11.7 Å². The molecule has 21 heavy (non-hydrogen) atoms. The molecule has 0 unspecified atom stereocenters. The monoisotopic (exact) mass is 290 g/mol. The minimum absolute atomic E-state index is 0.0247. The van der Waals surface area contributed by atoms with Crippen LogP contribution < -0.4 is 10.6 Å². The van der Waals surface area contributed by atoms with Crippen molar-refractivity contribution in [1.29, 1.82) is 0 Å². The van der Waals surface area contributed by atoms with E-state index in [0.29, 0.717) is 6.42 Å². The summed E-state index contributed by atoms with van der Waals surface area (Å²) in [6.45, 7) is 6.50. The van der Waals surface area contributed by atoms with Gasteiger partial charge in [0.05, 0.1) is 0 Å². The van der Waals surface area contributed by atoms with Crippen LogP contribution in [0.2, 0.25) is 0 Å². The molecule has 0 bridgehead atoms. The lowest BCUT2D eigenvalue weighted by atomic mass is 9.74. The molecule has 2 rings (SSSR count). The summed E-state index contributed by atoms with van der Waals surface area (Å²) in [5.74, 6) is 0. The number of aliphatic hydroxyl groups is 1. The van der Waals surface area contributed by atoms with Crippen molar-refractivity contribution in [3.8, 4) is 0 Å². The number of nitrogens with one attached hydrogen (secondary N) is 2. The minimum Gasteiger partial charge on any atom is -0.396 e. The normalized spacial score (nSPS) is 17.0. The van der Waals surface area contributed by atoms with E-state index >= 15 is 0 Å². The standard InChI is InChI=1S/C17H26N2O2/c1-16(2,3)13-7-4-5-8-14(13)18-15(21)19-17(11-12-20)9-6-10-17/h4-5,7-8,20H,6,9-12H2,1-3H3,(H2,18,19,21). The third-order valence-corrected chi connectivity index (χ3v) is 4.26. The molecule has 0 aromatic heterocycles. The molecule has 0 aliphatic heterocycles. The molecule has 2 amide bonds. The molecule has 116 valence electrons. The van der Waals surface area contributed by atoms with E-state index < -0.39 is 0 Å². The van der Waals surface area contributed by atoms with Gasteiger partial charge in [0.15, 0.2) is 0 Å². The Morgan fingerprint density at radius 3 is 2.48 bits per heavy atom. The van der Waals surface area contributed by atoms with Gasteiger partial charge < -0.3 is 15.7 Å². The molecule has 0 atom stereocenters. The molecular formula is C17H26N2O2. The van der Waals surface area contributed by atoms with Gasteiger partial charge in [-0.2, -0.15) is 0 Å². The number of carbonyl (C=O) groups is 1. The summed E-state index contributed by atoms with van der Waals surface area (Å²) in [5.41, 5.74) is 1.73. The van der Waals surface area contributed by atoms with E-state index in [2.05, 4.69) is 31.4 Å². The van der Waals surface area contributed by atoms with Gasteiger partial charge in [0.25, 0.3) is 0 Å². The highest BCUT2D eigenvalue weighted by Crippen LogP contribution is 2.35. The molecule has 0 radical (unpaired) electrons. The number of amides is 2. The highest BCUT2D eigenvalue weighted by Gasteiger charge is 2.37. The van der Waals surface area contributed by atoms with Crippen molar-refractivity contribution in [3.63, 3.8) is 0 Å². The van der Waals surface area contributed by atoms with Crippen molar-refractivity contribution in [1.82, 2.24) is 5.32 Å². The summed E-state index contributed by atoms with van der Waals surface area (Å²) in [6.07, 6.45) is 3.63. The number of hydrogen-bond acceptors (Lipinski definition) is 2. The van der Waals surface area contributed by atoms with E-state index in [9.17, 15) is 4.79 Å². The Bertz CT molecular complexity index is 502. The number of aliphatic hydroxyl groups excluding tert-OH is 1. The molecule has 0 spiro atoms. The van der Waals surface area contributed by atoms with Crippen molar-refractivity contribution in [2.75, 3.05) is 11.9 Å². The SMILES string of the molecule is CC(C)(C)c1ccccc1NC(=O)NC1(CCO)CCC1. The molecular weight excluding hydrogens is 264 g/mol. The average Bonchev–Trinajstić information content (AvgIpc) is 2.35. The molecule has 0 saturated heterocycles. The predicted molar refractivity (Wildman–Crippen MR) is 85.6 cm³/mol. The van der Waals surface area contributed by atoms with Crippen LogP contribution in [0, 0.1) is 0 Å². The maximum atomic E-state index is 12.3. The molecule has 1 fully saturated rings. The van der Waals surface area contributed by atoms with Crippen LogP contribution in [-0.2, 0) is 5.41 Å². The van der Waals surface area contributed by atoms with Crippen LogP contribution in [0.4, 0.5) is 10.5 Å². The van der Waals surface area contributed by atoms with Crippen molar-refractivity contribution in [2.45, 2.75) is 57.4 Å². The number of carbonyl (C=O) groups excluding carboxylic acids is 1. The topological polar surface area (TPSA) is 61.4 Å². The number of benzene rings is 1. The van der Waals surface area contributed by atoms with Gasteiger partial charge in [-0.15, -0.1) is 0 Å². The van der Waals surface area contributed by atoms with E-state index in [1.807, 2.05) is 24.3 Å². The van der Waals surface area contributed by atoms with Gasteiger partial charge in [0.2, 0.25) is 0 Å². The summed E-state index contributed by atoms with van der Waals surface area (Å²) in [7, 11) is 0. The Labute approximate surface area is 126 Å². The van der Waals surface area contributed by atoms with Crippen LogP contribution >= 0.6 is 0 Å². The maximum Gasteiger partial charge on any atom is 0.319 e. The summed E-state index contributed by atoms with van der Waals surface area (Å²) >= 11 is 0. The zero-order valence-electron chi connectivity index (χ0n) is 13.2. The van der Waals surface area contributed by atoms with Gasteiger partial charge in [-0.05, 0) is 42.7 Å². The average molecular weight is 290 g/mol. The highest BCUT2D eigenvalue weighted by molar-refractivity contribution is 5.91. The van der Waals surface area contributed by atoms with Crippen LogP contribution in [0.15, 0.2) is 24.3 Å². The predicted octanol–water partition coefficient (Wildman–Crippen LogP) is 3.41. The summed E-state index contributed by atoms with van der Waals surface area (Å²) in [5, 5.41) is 15.2. The first-order valence-corrected chi connectivity index (χ1v) is 7.66. The number of anilines is 1. The van der Waals surface area contributed by atoms with E-state index in [4.69, 9.17) is 5.11 Å². The van der Waals surface area contributed by atoms with Gasteiger partial charge in [0.1, 0.15) is 0 Å². The molecule has 4 heteroatoms. The third-order valence-electron chi connectivity index (χ3n) is 4.26. The Morgan fingerprint density at radius 1 is 1.29 bits per heavy atom. The lowest BCUT2D eigenvalue weighted by Gasteiger charge is -2.42. The van der Waals surface area contributed by atoms with Crippen LogP contribution in [0.25, 0.3) is 0 Å². The second-order valence-corrected chi connectivity index (χ2v) is 6.98. The first-order chi connectivity index (χ1) is 9.86. The number of hydrogen-bond donors (Lipinski definition) is 3. The summed E-state index contributed by atoms with van der Waals surface area (Å²) in [6, 6.07) is 7.71. The van der Waals surface area contributed by atoms with E-state index in [1.165, 1.54) is 0 Å². The minimum atomic E-state index is -0.213. The molecule has 1 aromatic rings. The molecule has 4 nitrogen and oxygen atoms in total. The lowest BCUT2D eigenvalue weighted by Crippen LogP contribution is -2.55. The van der Waals surface area contributed by atoms with E-state index in [0.717, 1.165) is 30.5 Å². The van der Waals surface area contributed by atoms with E-state index in [-0.39, 0.29) is 23.6 Å². The van der Waals surface area contributed by atoms with Gasteiger partial charge in [-0.25, -0.2) is 4.79 Å². The maximum absolute atomic E-state index is 12.3. The van der Waals surface area contributed by atoms with Crippen molar-refractivity contribution in [2.24, 2.45) is 0 Å². The van der Waals surface area contributed by atoms with Gasteiger partial charge in [-0.3, -0.25) is 0 Å². The van der Waals surface area contributed by atoms with E-state index in [1.54, 1.807) is 0 Å². The Hall–Kier alpha value is -1.55. The fourth-order valence-corrected chi connectivity index (χ4v) is 2.90. The fourth-order valence-electron chi connectivity index (χ4n) is 2.90. The summed E-state index contributed by atoms with van der Waals surface area (Å²) < 4.78 is 0. The van der Waals surface area contributed by atoms with Crippen LogP contribution in [0.3, 0.4) is 0 Å². The first kappa shape index (κ1) is 15.8. The number of para-hydroxylation sites is 1. The third kappa shape index (κ3) is 3.76. The largest absolute Gasteiger partial charge is 0.396 e. The Morgan fingerprint density at radius 2 is 1.95 bits per heavy atom. The molecule has 1 saturated carbocycles. The van der Waals surface area contributed by atoms with Crippen LogP contribution in [0.5, 0.6) is 0 Å². The van der Waals surface area contributed by atoms with Crippen molar-refractivity contribution in [3.05, 3.63) is 29.8 Å². The van der Waals surface area contributed by atoms with Gasteiger partial charge in [0, 0.05) is 17.8 Å². The van der Waals surface area contributed by atoms with Gasteiger partial charge in [-0.1, -0.05) is 39.0 Å². The van der Waals surface area contributed by atoms with Crippen LogP contribution in [-0.4, -0.2) is 23.3 Å². The van der Waals surface area contributed by atoms with Gasteiger partial charge >= 0.3 is 6.03 Å². The zero-order valence-corrected chi connectivity index (χ0v) is 13.2. The molecule has 0 heterocycles. The first-order valence-electron chi connectivity index (χ1n) is 7.66. The smallest absolute Gasteiger partial charge is 0.319 e. The second-order valence-electron chi connectivity index (χ2n) is 6.98. The number of urea groups is 1. The van der Waals surface area contributed by atoms with Crippen LogP contribution in [0.1, 0.15) is 52.0 Å². The van der Waals surface area contributed by atoms with Crippen molar-refractivity contribution < 1.29 is 9.90 Å². The zero-order chi connectivity index (χ0) is 15.5.